The molecule has 0 rings (SSSR count). The van der Waals surface area contributed by atoms with Crippen molar-refractivity contribution in [2.24, 2.45) is 11.5 Å². The van der Waals surface area contributed by atoms with E-state index in [0.717, 1.165) is 0 Å². The molecule has 5 heteroatoms. The van der Waals surface area contributed by atoms with Crippen molar-refractivity contribution >= 4 is 0 Å². The van der Waals surface area contributed by atoms with Gasteiger partial charge in [0.2, 0.25) is 0 Å². The van der Waals surface area contributed by atoms with Gasteiger partial charge in [0, 0.05) is 11.8 Å². The molecule has 0 aromatic carbocycles. The Labute approximate surface area is 64.5 Å². The van der Waals surface area contributed by atoms with E-state index in [1.807, 2.05) is 0 Å². The van der Waals surface area contributed by atoms with E-state index >= 15 is 0 Å². The van der Waals surface area contributed by atoms with Gasteiger partial charge in [0.05, 0.1) is 10.6 Å². The number of nitrogens with two attached hydrogens (primary N) is 2. The summed E-state index contributed by atoms with van der Waals surface area (Å²) in [6.07, 6.45) is 1.23. The highest BCUT2D eigenvalue weighted by Gasteiger charge is 2.09. The third kappa shape index (κ3) is 3.24. The first-order valence-corrected chi connectivity index (χ1v) is 2.99. The minimum Gasteiger partial charge on any atom is -0.402 e. The summed E-state index contributed by atoms with van der Waals surface area (Å²) >= 11 is 0. The lowest BCUT2D eigenvalue weighted by Crippen LogP contribution is -2.07. The summed E-state index contributed by atoms with van der Waals surface area (Å²) < 4.78 is 0. The summed E-state index contributed by atoms with van der Waals surface area (Å²) in [5, 5.41) is 10.2. The fourth-order valence-corrected chi connectivity index (χ4v) is 0.526. The van der Waals surface area contributed by atoms with Crippen molar-refractivity contribution in [3.05, 3.63) is 33.3 Å². The van der Waals surface area contributed by atoms with Crippen LogP contribution < -0.4 is 11.5 Å². The molecule has 0 atom stereocenters. The molecule has 0 fully saturated rings. The van der Waals surface area contributed by atoms with E-state index in [0.29, 0.717) is 5.70 Å². The summed E-state index contributed by atoms with van der Waals surface area (Å²) in [5.74, 6) is 0. The second-order valence-corrected chi connectivity index (χ2v) is 2.21. The van der Waals surface area contributed by atoms with Gasteiger partial charge in [-0.15, -0.1) is 0 Å². The number of hydrogen-bond acceptors (Lipinski definition) is 4. The maximum Gasteiger partial charge on any atom is 0.289 e. The highest BCUT2D eigenvalue weighted by Crippen LogP contribution is 2.02. The molecule has 0 heterocycles. The van der Waals surface area contributed by atoms with Crippen molar-refractivity contribution in [1.82, 2.24) is 0 Å². The Morgan fingerprint density at radius 3 is 2.00 bits per heavy atom. The first-order valence-electron chi connectivity index (χ1n) is 2.99. The molecule has 0 saturated carbocycles. The molecule has 0 unspecified atom stereocenters. The van der Waals surface area contributed by atoms with E-state index in [1.165, 1.54) is 13.0 Å². The molecule has 0 aromatic rings. The molecule has 0 aromatic heterocycles. The predicted octanol–water partition coefficient (Wildman–Crippen LogP) is 0.316. The van der Waals surface area contributed by atoms with Crippen LogP contribution in [0.15, 0.2) is 23.2 Å². The van der Waals surface area contributed by atoms with Gasteiger partial charge in [0.15, 0.2) is 0 Å². The highest BCUT2D eigenvalue weighted by molar-refractivity contribution is 5.18. The SMILES string of the molecule is C/C(N)=C(\C=C(/C)N)[N+](=O)[O-]. The van der Waals surface area contributed by atoms with Crippen molar-refractivity contribution in [2.45, 2.75) is 13.8 Å². The molecule has 0 radical (unpaired) electrons. The second kappa shape index (κ2) is 3.60. The van der Waals surface area contributed by atoms with Crippen LogP contribution in [0.1, 0.15) is 13.8 Å². The van der Waals surface area contributed by atoms with E-state index in [4.69, 9.17) is 11.5 Å². The number of rotatable bonds is 2. The predicted molar refractivity (Wildman–Crippen MR) is 41.8 cm³/mol. The van der Waals surface area contributed by atoms with Gasteiger partial charge < -0.3 is 11.5 Å². The summed E-state index contributed by atoms with van der Waals surface area (Å²) in [7, 11) is 0. The Hall–Kier alpha value is -1.52. The van der Waals surface area contributed by atoms with Gasteiger partial charge in [-0.05, 0) is 13.8 Å². The Balaban J connectivity index is 4.81. The molecule has 0 amide bonds. The van der Waals surface area contributed by atoms with Crippen LogP contribution in [0.5, 0.6) is 0 Å². The maximum absolute atomic E-state index is 10.2. The van der Waals surface area contributed by atoms with Gasteiger partial charge >= 0.3 is 0 Å². The summed E-state index contributed by atoms with van der Waals surface area (Å²) in [5.41, 5.74) is 10.8. The summed E-state index contributed by atoms with van der Waals surface area (Å²) in [4.78, 5) is 9.68. The van der Waals surface area contributed by atoms with Crippen LogP contribution in [-0.2, 0) is 0 Å². The fraction of sp³-hybridized carbons (Fsp3) is 0.333. The molecule has 0 bridgehead atoms. The second-order valence-electron chi connectivity index (χ2n) is 2.21. The number of nitro groups is 1. The summed E-state index contributed by atoms with van der Waals surface area (Å²) in [6, 6.07) is 0. The lowest BCUT2D eigenvalue weighted by atomic mass is 10.3. The highest BCUT2D eigenvalue weighted by atomic mass is 16.6. The summed E-state index contributed by atoms with van der Waals surface area (Å²) in [6.45, 7) is 3.02. The Morgan fingerprint density at radius 2 is 1.91 bits per heavy atom. The van der Waals surface area contributed by atoms with Crippen LogP contribution in [0.2, 0.25) is 0 Å². The standard InChI is InChI=1S/C6H11N3O2/c1-4(7)3-6(5(2)8)9(10)11/h3H,7-8H2,1-2H3/b4-3+,6-5-. The van der Waals surface area contributed by atoms with Crippen molar-refractivity contribution in [1.29, 1.82) is 0 Å². The topological polar surface area (TPSA) is 95.2 Å². The zero-order valence-corrected chi connectivity index (χ0v) is 6.50. The zero-order valence-electron chi connectivity index (χ0n) is 6.50. The zero-order chi connectivity index (χ0) is 9.02. The molecule has 4 N–H and O–H groups in total. The van der Waals surface area contributed by atoms with Crippen molar-refractivity contribution in [2.75, 3.05) is 0 Å². The Bertz CT molecular complexity index is 222. The lowest BCUT2D eigenvalue weighted by Gasteiger charge is -1.94. The Morgan fingerprint density at radius 1 is 1.45 bits per heavy atom. The van der Waals surface area contributed by atoms with Crippen LogP contribution in [0.4, 0.5) is 0 Å². The van der Waals surface area contributed by atoms with E-state index in [9.17, 15) is 10.1 Å². The largest absolute Gasteiger partial charge is 0.402 e. The number of nitrogens with zero attached hydrogens (tertiary/aromatic N) is 1. The first-order chi connectivity index (χ1) is 4.95. The minimum absolute atomic E-state index is 0.148. The van der Waals surface area contributed by atoms with E-state index in [2.05, 4.69) is 0 Å². The molecule has 11 heavy (non-hydrogen) atoms. The molecule has 0 aliphatic carbocycles. The first kappa shape index (κ1) is 9.48. The van der Waals surface area contributed by atoms with Crippen molar-refractivity contribution in [3.8, 4) is 0 Å². The fourth-order valence-electron chi connectivity index (χ4n) is 0.526. The monoisotopic (exact) mass is 157 g/mol. The average Bonchev–Trinajstić information content (AvgIpc) is 1.81. The van der Waals surface area contributed by atoms with Gasteiger partial charge in [-0.2, -0.15) is 0 Å². The molecule has 0 saturated heterocycles. The van der Waals surface area contributed by atoms with Gasteiger partial charge in [-0.25, -0.2) is 0 Å². The van der Waals surface area contributed by atoms with Gasteiger partial charge in [0.25, 0.3) is 5.70 Å². The number of hydrogen-bond donors (Lipinski definition) is 2. The van der Waals surface area contributed by atoms with E-state index in [1.54, 1.807) is 6.92 Å². The lowest BCUT2D eigenvalue weighted by molar-refractivity contribution is -0.420. The van der Waals surface area contributed by atoms with Crippen LogP contribution >= 0.6 is 0 Å². The molecule has 0 aliphatic rings. The van der Waals surface area contributed by atoms with E-state index in [-0.39, 0.29) is 11.4 Å². The van der Waals surface area contributed by atoms with Gasteiger partial charge in [0.1, 0.15) is 0 Å². The van der Waals surface area contributed by atoms with Crippen LogP contribution in [0, 0.1) is 10.1 Å². The van der Waals surface area contributed by atoms with Crippen LogP contribution in [0.3, 0.4) is 0 Å². The third-order valence-corrected chi connectivity index (χ3v) is 0.965. The quantitative estimate of drug-likeness (QED) is 0.342. The van der Waals surface area contributed by atoms with Gasteiger partial charge in [-0.1, -0.05) is 0 Å². The molecule has 5 nitrogen and oxygen atoms in total. The van der Waals surface area contributed by atoms with Crippen molar-refractivity contribution < 1.29 is 4.92 Å². The molecular weight excluding hydrogens is 146 g/mol. The minimum atomic E-state index is -0.564. The van der Waals surface area contributed by atoms with Crippen molar-refractivity contribution in [3.63, 3.8) is 0 Å². The third-order valence-electron chi connectivity index (χ3n) is 0.965. The van der Waals surface area contributed by atoms with Crippen LogP contribution in [0.25, 0.3) is 0 Å². The molecule has 0 aliphatic heterocycles. The van der Waals surface area contributed by atoms with Crippen LogP contribution in [-0.4, -0.2) is 4.92 Å². The average molecular weight is 157 g/mol. The van der Waals surface area contributed by atoms with E-state index < -0.39 is 4.92 Å². The van der Waals surface area contributed by atoms with Gasteiger partial charge in [-0.3, -0.25) is 10.1 Å². The normalized spacial score (nSPS) is 14.2. The smallest absolute Gasteiger partial charge is 0.289 e. The molecule has 62 valence electrons. The molecule has 0 spiro atoms. The maximum atomic E-state index is 10.2. The Kier molecular flexibility index (Phi) is 3.10. The number of allylic oxidation sites excluding steroid dienone is 3. The molecular formula is C6H11N3O2.